The predicted molar refractivity (Wildman–Crippen MR) is 81.3 cm³/mol. The molecule has 0 aromatic heterocycles. The molecule has 0 saturated heterocycles. The van der Waals surface area contributed by atoms with Gasteiger partial charge in [0.25, 0.3) is 0 Å². The first-order valence-corrected chi connectivity index (χ1v) is 8.27. The van der Waals surface area contributed by atoms with Crippen LogP contribution in [0.2, 0.25) is 5.02 Å². The second-order valence-corrected chi connectivity index (χ2v) is 7.09. The second kappa shape index (κ2) is 6.13. The minimum atomic E-state index is -3.74. The Morgan fingerprint density at radius 2 is 1.90 bits per heavy atom. The van der Waals surface area contributed by atoms with Crippen molar-refractivity contribution < 1.29 is 13.5 Å². The van der Waals surface area contributed by atoms with Gasteiger partial charge in [0.2, 0.25) is 10.0 Å². The van der Waals surface area contributed by atoms with Crippen LogP contribution in [0.1, 0.15) is 5.56 Å². The molecule has 0 atom stereocenters. The summed E-state index contributed by atoms with van der Waals surface area (Å²) < 4.78 is 27.4. The molecule has 106 valence electrons. The van der Waals surface area contributed by atoms with Gasteiger partial charge in [-0.15, -0.1) is 0 Å². The number of halogens is 2. The van der Waals surface area contributed by atoms with Crippen LogP contribution in [0.25, 0.3) is 0 Å². The number of rotatable bonds is 4. The lowest BCUT2D eigenvalue weighted by Crippen LogP contribution is -2.23. The number of para-hydroxylation sites is 1. The van der Waals surface area contributed by atoms with Crippen molar-refractivity contribution in [3.63, 3.8) is 0 Å². The Morgan fingerprint density at radius 3 is 2.55 bits per heavy atom. The summed E-state index contributed by atoms with van der Waals surface area (Å²) in [5.74, 6) is 0.0390. The average molecular weight is 377 g/mol. The molecule has 2 rings (SSSR count). The van der Waals surface area contributed by atoms with Gasteiger partial charge in [-0.25, -0.2) is 13.1 Å². The lowest BCUT2D eigenvalue weighted by molar-refractivity contribution is 0.467. The first-order valence-electron chi connectivity index (χ1n) is 5.62. The van der Waals surface area contributed by atoms with E-state index < -0.39 is 10.0 Å². The Kier molecular flexibility index (Phi) is 4.70. The van der Waals surface area contributed by atoms with Crippen LogP contribution in [0, 0.1) is 0 Å². The standard InChI is InChI=1S/C13H11BrClNO3S/c14-10-5-6-13(11(15)7-10)20(18,19)16-8-9-3-1-2-4-12(9)17/h1-7,16-17H,8H2. The van der Waals surface area contributed by atoms with E-state index in [9.17, 15) is 13.5 Å². The molecular formula is C13H11BrClNO3S. The first kappa shape index (κ1) is 15.3. The van der Waals surface area contributed by atoms with Crippen molar-refractivity contribution in [2.24, 2.45) is 0 Å². The van der Waals surface area contributed by atoms with Crippen LogP contribution in [0.4, 0.5) is 0 Å². The molecule has 2 aromatic carbocycles. The highest BCUT2D eigenvalue weighted by atomic mass is 79.9. The molecular weight excluding hydrogens is 366 g/mol. The fourth-order valence-electron chi connectivity index (χ4n) is 1.60. The molecule has 0 fully saturated rings. The molecule has 0 bridgehead atoms. The summed E-state index contributed by atoms with van der Waals surface area (Å²) in [4.78, 5) is -0.00205. The molecule has 20 heavy (non-hydrogen) atoms. The molecule has 2 aromatic rings. The van der Waals surface area contributed by atoms with Gasteiger partial charge in [-0.3, -0.25) is 0 Å². The van der Waals surface area contributed by atoms with Gasteiger partial charge < -0.3 is 5.11 Å². The molecule has 2 N–H and O–H groups in total. The molecule has 0 aliphatic carbocycles. The van der Waals surface area contributed by atoms with Crippen LogP contribution >= 0.6 is 27.5 Å². The summed E-state index contributed by atoms with van der Waals surface area (Å²) >= 11 is 9.14. The number of hydrogen-bond acceptors (Lipinski definition) is 3. The number of benzene rings is 2. The summed E-state index contributed by atoms with van der Waals surface area (Å²) in [6.45, 7) is -0.0125. The van der Waals surface area contributed by atoms with E-state index >= 15 is 0 Å². The fourth-order valence-corrected chi connectivity index (χ4v) is 3.65. The van der Waals surface area contributed by atoms with Crippen molar-refractivity contribution in [2.75, 3.05) is 0 Å². The quantitative estimate of drug-likeness (QED) is 0.860. The Hall–Kier alpha value is -1.08. The van der Waals surface area contributed by atoms with Gasteiger partial charge in [-0.05, 0) is 24.3 Å². The normalized spacial score (nSPS) is 11.5. The Labute approximate surface area is 130 Å². The number of phenolic OH excluding ortho intramolecular Hbond substituents is 1. The SMILES string of the molecule is O=S(=O)(NCc1ccccc1O)c1ccc(Br)cc1Cl. The minimum absolute atomic E-state index is 0.00205. The van der Waals surface area contributed by atoms with Gasteiger partial charge in [0, 0.05) is 16.6 Å². The third kappa shape index (κ3) is 3.52. The number of sulfonamides is 1. The van der Waals surface area contributed by atoms with E-state index in [0.717, 1.165) is 0 Å². The van der Waals surface area contributed by atoms with Crippen LogP contribution in [0.15, 0.2) is 51.8 Å². The first-order chi connectivity index (χ1) is 9.40. The van der Waals surface area contributed by atoms with Gasteiger partial charge in [-0.1, -0.05) is 45.7 Å². The number of phenols is 1. The van der Waals surface area contributed by atoms with E-state index in [-0.39, 0.29) is 22.2 Å². The summed E-state index contributed by atoms with van der Waals surface area (Å²) in [5.41, 5.74) is 0.490. The zero-order valence-electron chi connectivity index (χ0n) is 10.2. The molecule has 0 aliphatic rings. The van der Waals surface area contributed by atoms with Crippen molar-refractivity contribution in [3.8, 4) is 5.75 Å². The molecule has 0 saturated carbocycles. The van der Waals surface area contributed by atoms with E-state index in [4.69, 9.17) is 11.6 Å². The Bertz CT molecular complexity index is 734. The molecule has 0 radical (unpaired) electrons. The van der Waals surface area contributed by atoms with Crippen molar-refractivity contribution in [3.05, 3.63) is 57.5 Å². The smallest absolute Gasteiger partial charge is 0.242 e. The maximum Gasteiger partial charge on any atom is 0.242 e. The third-order valence-electron chi connectivity index (χ3n) is 2.63. The highest BCUT2D eigenvalue weighted by Gasteiger charge is 2.18. The van der Waals surface area contributed by atoms with E-state index in [1.165, 1.54) is 18.2 Å². The van der Waals surface area contributed by atoms with Crippen molar-refractivity contribution in [1.29, 1.82) is 0 Å². The molecule has 4 nitrogen and oxygen atoms in total. The van der Waals surface area contributed by atoms with E-state index in [1.807, 2.05) is 0 Å². The molecule has 0 spiro atoms. The summed E-state index contributed by atoms with van der Waals surface area (Å²) in [5, 5.41) is 9.73. The van der Waals surface area contributed by atoms with Gasteiger partial charge >= 0.3 is 0 Å². The van der Waals surface area contributed by atoms with Gasteiger partial charge in [0.05, 0.1) is 5.02 Å². The topological polar surface area (TPSA) is 66.4 Å². The summed E-state index contributed by atoms with van der Waals surface area (Å²) in [7, 11) is -3.74. The van der Waals surface area contributed by atoms with Gasteiger partial charge in [0.1, 0.15) is 10.6 Å². The van der Waals surface area contributed by atoms with E-state index in [2.05, 4.69) is 20.7 Å². The van der Waals surface area contributed by atoms with Crippen LogP contribution in [0.5, 0.6) is 5.75 Å². The third-order valence-corrected chi connectivity index (χ3v) is 5.01. The molecule has 0 heterocycles. The second-order valence-electron chi connectivity index (χ2n) is 4.03. The lowest BCUT2D eigenvalue weighted by atomic mass is 10.2. The highest BCUT2D eigenvalue weighted by molar-refractivity contribution is 9.10. The zero-order chi connectivity index (χ0) is 14.8. The molecule has 0 amide bonds. The predicted octanol–water partition coefficient (Wildman–Crippen LogP) is 3.29. The van der Waals surface area contributed by atoms with E-state index in [1.54, 1.807) is 24.3 Å². The zero-order valence-corrected chi connectivity index (χ0v) is 13.3. The Morgan fingerprint density at radius 1 is 1.20 bits per heavy atom. The monoisotopic (exact) mass is 375 g/mol. The average Bonchev–Trinajstić information content (AvgIpc) is 2.37. The van der Waals surface area contributed by atoms with E-state index in [0.29, 0.717) is 10.0 Å². The lowest BCUT2D eigenvalue weighted by Gasteiger charge is -2.09. The van der Waals surface area contributed by atoms with Crippen molar-refractivity contribution in [2.45, 2.75) is 11.4 Å². The number of hydrogen-bond donors (Lipinski definition) is 2. The van der Waals surface area contributed by atoms with Crippen LogP contribution in [0.3, 0.4) is 0 Å². The van der Waals surface area contributed by atoms with Gasteiger partial charge in [0.15, 0.2) is 0 Å². The maximum absolute atomic E-state index is 12.2. The van der Waals surface area contributed by atoms with Crippen molar-refractivity contribution >= 4 is 37.6 Å². The summed E-state index contributed by atoms with van der Waals surface area (Å²) in [6.07, 6.45) is 0. The van der Waals surface area contributed by atoms with Crippen LogP contribution in [-0.4, -0.2) is 13.5 Å². The van der Waals surface area contributed by atoms with Crippen LogP contribution < -0.4 is 4.72 Å². The molecule has 0 unspecified atom stereocenters. The highest BCUT2D eigenvalue weighted by Crippen LogP contribution is 2.25. The minimum Gasteiger partial charge on any atom is -0.508 e. The van der Waals surface area contributed by atoms with Crippen LogP contribution in [-0.2, 0) is 16.6 Å². The molecule has 0 aliphatic heterocycles. The fraction of sp³-hybridized carbons (Fsp3) is 0.0769. The number of nitrogens with one attached hydrogen (secondary N) is 1. The van der Waals surface area contributed by atoms with Gasteiger partial charge in [-0.2, -0.15) is 0 Å². The molecule has 7 heteroatoms. The summed E-state index contributed by atoms with van der Waals surface area (Å²) in [6, 6.07) is 11.0. The number of aromatic hydroxyl groups is 1. The maximum atomic E-state index is 12.2. The van der Waals surface area contributed by atoms with Crippen molar-refractivity contribution in [1.82, 2.24) is 4.72 Å². The Balaban J connectivity index is 2.22. The largest absolute Gasteiger partial charge is 0.508 e.